The van der Waals surface area contributed by atoms with E-state index in [1.165, 1.54) is 4.90 Å². The van der Waals surface area contributed by atoms with Crippen LogP contribution in [-0.2, 0) is 28.2 Å². The molecule has 0 unspecified atom stereocenters. The lowest BCUT2D eigenvalue weighted by atomic mass is 9.94. The largest absolute Gasteiger partial charge is 0.453 e. The Morgan fingerprint density at radius 2 is 1.77 bits per heavy atom. The number of thiocarbonyl (C=S) groups is 1. The lowest BCUT2D eigenvalue weighted by Gasteiger charge is -2.36. The number of rotatable bonds is 3. The van der Waals surface area contributed by atoms with Gasteiger partial charge in [0.15, 0.2) is 0 Å². The maximum absolute atomic E-state index is 13.4. The highest BCUT2D eigenvalue weighted by Gasteiger charge is 2.44. The normalized spacial score (nSPS) is 20.7. The topological polar surface area (TPSA) is 76.2 Å². The van der Waals surface area contributed by atoms with Crippen LogP contribution in [0.25, 0.3) is 10.9 Å². The average molecular weight is 538 g/mol. The molecule has 186 valence electrons. The molecule has 2 atom stereocenters. The van der Waals surface area contributed by atoms with Crippen molar-refractivity contribution in [3.63, 3.8) is 0 Å². The van der Waals surface area contributed by atoms with E-state index in [0.29, 0.717) is 22.7 Å². The van der Waals surface area contributed by atoms with Crippen LogP contribution in [0.2, 0.25) is 5.02 Å². The molecule has 4 heterocycles. The van der Waals surface area contributed by atoms with Crippen molar-refractivity contribution in [1.29, 1.82) is 0 Å². The Bertz CT molecular complexity index is 1280. The van der Waals surface area contributed by atoms with Crippen molar-refractivity contribution < 1.29 is 35.8 Å². The Kier molecular flexibility index (Phi) is 5.70. The number of alkyl halides is 6. The van der Waals surface area contributed by atoms with Crippen LogP contribution in [0.15, 0.2) is 18.2 Å². The summed E-state index contributed by atoms with van der Waals surface area (Å²) in [7, 11) is 0. The highest BCUT2D eigenvalue weighted by atomic mass is 35.5. The molecule has 0 aliphatic carbocycles. The van der Waals surface area contributed by atoms with Crippen molar-refractivity contribution in [3.05, 3.63) is 46.1 Å². The molecule has 2 aliphatic heterocycles. The van der Waals surface area contributed by atoms with Crippen LogP contribution >= 0.6 is 23.8 Å². The molecule has 1 aromatic carbocycles. The number of hydrogen-bond donors (Lipinski definition) is 1. The maximum atomic E-state index is 13.4. The molecule has 1 saturated heterocycles. The zero-order chi connectivity index (χ0) is 25.1. The van der Waals surface area contributed by atoms with Gasteiger partial charge in [0.25, 0.3) is 0 Å². The quantitative estimate of drug-likeness (QED) is 0.362. The smallest absolute Gasteiger partial charge is 0.451 e. The van der Waals surface area contributed by atoms with Gasteiger partial charge in [-0.15, -0.1) is 0 Å². The van der Waals surface area contributed by atoms with E-state index in [1.807, 2.05) is 0 Å². The maximum Gasteiger partial charge on any atom is 0.451 e. The number of anilines is 1. The average Bonchev–Trinajstić information content (AvgIpc) is 3.35. The minimum absolute atomic E-state index is 0.0355. The Morgan fingerprint density at radius 1 is 1.09 bits per heavy atom. The first-order valence-electron chi connectivity index (χ1n) is 10.2. The highest BCUT2D eigenvalue weighted by Crippen LogP contribution is 2.41. The summed E-state index contributed by atoms with van der Waals surface area (Å²) in [6.07, 6.45) is -10.6. The summed E-state index contributed by atoms with van der Waals surface area (Å²) >= 11 is 11.0. The summed E-state index contributed by atoms with van der Waals surface area (Å²) in [6.45, 7) is 0.122. The van der Waals surface area contributed by atoms with Crippen molar-refractivity contribution in [2.75, 3.05) is 18.1 Å². The Morgan fingerprint density at radius 3 is 2.37 bits per heavy atom. The second-order valence-electron chi connectivity index (χ2n) is 7.98. The second kappa shape index (κ2) is 8.36. The fourth-order valence-electron chi connectivity index (χ4n) is 4.30. The number of aromatic nitrogens is 4. The standard InChI is InChI=1S/C20H14ClF6N5O2S/c21-8-1-2-12-11(5-8)10-3-4-32(13(14(10)28-12)6-9-7-33-18(35)34-9)17-30-15(19(22,23)24)29-16(31-17)20(25,26)27/h1-2,5,9,13,28H,3-4,6-7H2/t9-,13+/m0/s1. The van der Waals surface area contributed by atoms with Crippen LogP contribution in [0.1, 0.15) is 35.4 Å². The van der Waals surface area contributed by atoms with E-state index in [0.717, 1.165) is 10.9 Å². The van der Waals surface area contributed by atoms with E-state index < -0.39 is 42.1 Å². The first kappa shape index (κ1) is 23.9. The van der Waals surface area contributed by atoms with Gasteiger partial charge >= 0.3 is 17.6 Å². The number of H-pyrrole nitrogens is 1. The molecule has 35 heavy (non-hydrogen) atoms. The zero-order valence-electron chi connectivity index (χ0n) is 17.4. The zero-order valence-corrected chi connectivity index (χ0v) is 18.9. The molecular weight excluding hydrogens is 524 g/mol. The van der Waals surface area contributed by atoms with Crippen LogP contribution in [-0.4, -0.2) is 44.4 Å². The predicted molar refractivity (Wildman–Crippen MR) is 115 cm³/mol. The van der Waals surface area contributed by atoms with Crippen molar-refractivity contribution >= 4 is 45.9 Å². The van der Waals surface area contributed by atoms with Crippen LogP contribution in [0.3, 0.4) is 0 Å². The fraction of sp³-hybridized carbons (Fsp3) is 0.400. The summed E-state index contributed by atoms with van der Waals surface area (Å²) < 4.78 is 90.9. The Hall–Kier alpha value is -2.87. The van der Waals surface area contributed by atoms with Crippen LogP contribution in [0.4, 0.5) is 32.3 Å². The molecule has 1 fully saturated rings. The molecule has 0 radical (unpaired) electrons. The summed E-state index contributed by atoms with van der Waals surface area (Å²) in [5.74, 6) is -4.60. The van der Waals surface area contributed by atoms with Gasteiger partial charge in [0.05, 0.1) is 6.04 Å². The lowest BCUT2D eigenvalue weighted by Crippen LogP contribution is -2.39. The number of hydrogen-bond acceptors (Lipinski definition) is 7. The predicted octanol–water partition coefficient (Wildman–Crippen LogP) is 5.24. The number of aromatic amines is 1. The van der Waals surface area contributed by atoms with Gasteiger partial charge in [-0.25, -0.2) is 4.98 Å². The molecule has 5 rings (SSSR count). The van der Waals surface area contributed by atoms with Crippen molar-refractivity contribution in [2.45, 2.75) is 37.3 Å². The van der Waals surface area contributed by atoms with Crippen molar-refractivity contribution in [1.82, 2.24) is 19.9 Å². The molecule has 7 nitrogen and oxygen atoms in total. The molecule has 3 aromatic rings. The van der Waals surface area contributed by atoms with E-state index >= 15 is 0 Å². The van der Waals surface area contributed by atoms with E-state index in [2.05, 4.69) is 19.9 Å². The fourth-order valence-corrected chi connectivity index (χ4v) is 4.68. The number of nitrogens with zero attached hydrogens (tertiary/aromatic N) is 4. The number of benzene rings is 1. The molecule has 2 aliphatic rings. The van der Waals surface area contributed by atoms with Gasteiger partial charge in [-0.1, -0.05) is 11.6 Å². The van der Waals surface area contributed by atoms with Crippen LogP contribution < -0.4 is 4.90 Å². The van der Waals surface area contributed by atoms with Gasteiger partial charge in [0.1, 0.15) is 12.7 Å². The second-order valence-corrected chi connectivity index (χ2v) is 8.75. The molecule has 0 bridgehead atoms. The molecule has 0 saturated carbocycles. The highest BCUT2D eigenvalue weighted by molar-refractivity contribution is 7.79. The first-order chi connectivity index (χ1) is 16.4. The van der Waals surface area contributed by atoms with E-state index in [9.17, 15) is 26.3 Å². The van der Waals surface area contributed by atoms with E-state index in [-0.39, 0.29) is 24.8 Å². The molecular formula is C20H14ClF6N5O2S. The molecule has 0 amide bonds. The molecule has 1 N–H and O–H groups in total. The van der Waals surface area contributed by atoms with Gasteiger partial charge in [0, 0.05) is 46.8 Å². The number of ether oxygens (including phenoxy) is 2. The van der Waals surface area contributed by atoms with Crippen molar-refractivity contribution in [3.8, 4) is 0 Å². The Balaban J connectivity index is 1.64. The third-order valence-corrected chi connectivity index (χ3v) is 6.19. The van der Waals surface area contributed by atoms with Gasteiger partial charge in [-0.3, -0.25) is 0 Å². The van der Waals surface area contributed by atoms with Crippen molar-refractivity contribution in [2.24, 2.45) is 0 Å². The van der Waals surface area contributed by atoms with Gasteiger partial charge < -0.3 is 19.4 Å². The monoisotopic (exact) mass is 537 g/mol. The minimum Gasteiger partial charge on any atom is -0.453 e. The van der Waals surface area contributed by atoms with Crippen LogP contribution in [0, 0.1) is 0 Å². The van der Waals surface area contributed by atoms with Gasteiger partial charge in [0.2, 0.25) is 17.6 Å². The minimum atomic E-state index is -5.21. The SMILES string of the molecule is FC(F)(F)c1nc(N2CCc3c([nH]c4ccc(Cl)cc34)[C@H]2C[C@H]2COC(=S)O2)nc(C(F)(F)F)n1. The number of fused-ring (bicyclic) bond motifs is 3. The number of halogens is 7. The summed E-state index contributed by atoms with van der Waals surface area (Å²) in [5, 5.41) is 1.21. The first-order valence-corrected chi connectivity index (χ1v) is 11.0. The Labute approximate surface area is 203 Å². The number of nitrogens with one attached hydrogen (secondary N) is 1. The third kappa shape index (κ3) is 4.56. The van der Waals surface area contributed by atoms with Gasteiger partial charge in [-0.2, -0.15) is 36.3 Å². The van der Waals surface area contributed by atoms with E-state index in [1.54, 1.807) is 18.2 Å². The molecule has 15 heteroatoms. The lowest BCUT2D eigenvalue weighted by molar-refractivity contribution is -0.155. The summed E-state index contributed by atoms with van der Waals surface area (Å²) in [4.78, 5) is 13.9. The van der Waals surface area contributed by atoms with E-state index in [4.69, 9.17) is 33.3 Å². The summed E-state index contributed by atoms with van der Waals surface area (Å²) in [5.41, 5.74) is 2.14. The molecule has 2 aromatic heterocycles. The molecule has 0 spiro atoms. The summed E-state index contributed by atoms with van der Waals surface area (Å²) in [6, 6.07) is 4.38. The van der Waals surface area contributed by atoms with Gasteiger partial charge in [-0.05, 0) is 30.2 Å². The van der Waals surface area contributed by atoms with Crippen LogP contribution in [0.5, 0.6) is 0 Å². The third-order valence-electron chi connectivity index (χ3n) is 5.74.